The normalized spacial score (nSPS) is 13.1. The Morgan fingerprint density at radius 1 is 1.67 bits per heavy atom. The Hall–Kier alpha value is -1.46. The Bertz CT molecular complexity index is 363. The van der Waals surface area contributed by atoms with E-state index in [1.54, 1.807) is 14.0 Å². The van der Waals surface area contributed by atoms with Gasteiger partial charge in [0.2, 0.25) is 6.43 Å². The fraction of sp³-hybridized carbons (Fsp3) is 0.556. The third kappa shape index (κ3) is 2.74. The first-order chi connectivity index (χ1) is 6.91. The van der Waals surface area contributed by atoms with Gasteiger partial charge in [0.05, 0.1) is 18.0 Å². The van der Waals surface area contributed by atoms with Crippen LogP contribution in [0.25, 0.3) is 0 Å². The van der Waals surface area contributed by atoms with E-state index in [0.717, 1.165) is 0 Å². The molecule has 0 bridgehead atoms. The molecule has 0 saturated carbocycles. The quantitative estimate of drug-likeness (QED) is 0.834. The monoisotopic (exact) mass is 218 g/mol. The highest BCUT2D eigenvalue weighted by molar-refractivity contribution is 5.68. The standard InChI is InChI=1S/C9H12F2N2O2/c1-5-7(4-13(2)12-5)6(9(10)11)3-8(14)15/h4,6,9H,3H2,1-2H3,(H,14,15). The van der Waals surface area contributed by atoms with E-state index in [2.05, 4.69) is 5.10 Å². The lowest BCUT2D eigenvalue weighted by Gasteiger charge is -2.12. The lowest BCUT2D eigenvalue weighted by molar-refractivity contribution is -0.138. The third-order valence-electron chi connectivity index (χ3n) is 2.15. The van der Waals surface area contributed by atoms with Gasteiger partial charge in [-0.2, -0.15) is 5.10 Å². The molecule has 0 aliphatic heterocycles. The molecule has 84 valence electrons. The third-order valence-corrected chi connectivity index (χ3v) is 2.15. The number of aryl methyl sites for hydroxylation is 2. The second-order valence-corrected chi connectivity index (χ2v) is 3.38. The van der Waals surface area contributed by atoms with Crippen molar-refractivity contribution in [3.8, 4) is 0 Å². The van der Waals surface area contributed by atoms with Crippen LogP contribution in [0.15, 0.2) is 6.20 Å². The molecule has 1 unspecified atom stereocenters. The second-order valence-electron chi connectivity index (χ2n) is 3.38. The van der Waals surface area contributed by atoms with Gasteiger partial charge < -0.3 is 5.11 Å². The van der Waals surface area contributed by atoms with Crippen LogP contribution in [-0.2, 0) is 11.8 Å². The number of aromatic nitrogens is 2. The van der Waals surface area contributed by atoms with Gasteiger partial charge in [-0.15, -0.1) is 0 Å². The average Bonchev–Trinajstić information content (AvgIpc) is 2.40. The number of alkyl halides is 2. The number of aliphatic carboxylic acids is 1. The molecular formula is C9H12F2N2O2. The Balaban J connectivity index is 2.98. The summed E-state index contributed by atoms with van der Waals surface area (Å²) in [6.45, 7) is 1.59. The summed E-state index contributed by atoms with van der Waals surface area (Å²) >= 11 is 0. The van der Waals surface area contributed by atoms with Crippen molar-refractivity contribution in [2.45, 2.75) is 25.7 Å². The highest BCUT2D eigenvalue weighted by Crippen LogP contribution is 2.28. The van der Waals surface area contributed by atoms with Gasteiger partial charge in [-0.05, 0) is 6.92 Å². The van der Waals surface area contributed by atoms with Crippen molar-refractivity contribution in [1.82, 2.24) is 9.78 Å². The number of carboxylic acids is 1. The number of carbonyl (C=O) groups is 1. The summed E-state index contributed by atoms with van der Waals surface area (Å²) in [5, 5.41) is 12.4. The van der Waals surface area contributed by atoms with Gasteiger partial charge >= 0.3 is 5.97 Å². The van der Waals surface area contributed by atoms with Gasteiger partial charge in [0, 0.05) is 18.8 Å². The van der Waals surface area contributed by atoms with Crippen LogP contribution in [0.4, 0.5) is 8.78 Å². The van der Waals surface area contributed by atoms with Crippen molar-refractivity contribution in [2.75, 3.05) is 0 Å². The van der Waals surface area contributed by atoms with Crippen molar-refractivity contribution in [1.29, 1.82) is 0 Å². The molecule has 0 spiro atoms. The van der Waals surface area contributed by atoms with Crippen molar-refractivity contribution in [3.05, 3.63) is 17.5 Å². The van der Waals surface area contributed by atoms with Gasteiger partial charge in [-0.3, -0.25) is 9.48 Å². The molecule has 4 nitrogen and oxygen atoms in total. The molecule has 0 aromatic carbocycles. The largest absolute Gasteiger partial charge is 0.481 e. The van der Waals surface area contributed by atoms with Gasteiger partial charge in [-0.25, -0.2) is 8.78 Å². The molecule has 0 radical (unpaired) electrons. The smallest absolute Gasteiger partial charge is 0.304 e. The average molecular weight is 218 g/mol. The van der Waals surface area contributed by atoms with Crippen LogP contribution in [0, 0.1) is 6.92 Å². The first kappa shape index (κ1) is 11.6. The molecule has 1 heterocycles. The van der Waals surface area contributed by atoms with Crippen LogP contribution in [-0.4, -0.2) is 27.3 Å². The summed E-state index contributed by atoms with van der Waals surface area (Å²) in [5.41, 5.74) is 0.749. The molecule has 0 fully saturated rings. The van der Waals surface area contributed by atoms with E-state index >= 15 is 0 Å². The van der Waals surface area contributed by atoms with Crippen LogP contribution < -0.4 is 0 Å². The lowest BCUT2D eigenvalue weighted by atomic mass is 9.97. The molecule has 0 saturated heterocycles. The van der Waals surface area contributed by atoms with Gasteiger partial charge in [0.25, 0.3) is 0 Å². The molecule has 0 aliphatic rings. The summed E-state index contributed by atoms with van der Waals surface area (Å²) < 4.78 is 26.7. The minimum atomic E-state index is -2.69. The minimum absolute atomic E-state index is 0.301. The summed E-state index contributed by atoms with van der Waals surface area (Å²) in [4.78, 5) is 10.4. The first-order valence-electron chi connectivity index (χ1n) is 4.42. The molecule has 15 heavy (non-hydrogen) atoms. The molecule has 1 N–H and O–H groups in total. The van der Waals surface area contributed by atoms with Crippen LogP contribution in [0.3, 0.4) is 0 Å². The molecule has 1 rings (SSSR count). The van der Waals surface area contributed by atoms with Crippen LogP contribution in [0.5, 0.6) is 0 Å². The predicted molar refractivity (Wildman–Crippen MR) is 48.9 cm³/mol. The van der Waals surface area contributed by atoms with E-state index in [4.69, 9.17) is 5.11 Å². The first-order valence-corrected chi connectivity index (χ1v) is 4.42. The van der Waals surface area contributed by atoms with Crippen molar-refractivity contribution < 1.29 is 18.7 Å². The number of halogens is 2. The fourth-order valence-electron chi connectivity index (χ4n) is 1.50. The Labute approximate surface area is 85.5 Å². The van der Waals surface area contributed by atoms with Crippen LogP contribution in [0.2, 0.25) is 0 Å². The van der Waals surface area contributed by atoms with E-state index in [9.17, 15) is 13.6 Å². The molecule has 1 aromatic rings. The molecule has 1 atom stereocenters. The molecule has 6 heteroatoms. The maximum absolute atomic E-state index is 12.6. The van der Waals surface area contributed by atoms with E-state index in [-0.39, 0.29) is 0 Å². The highest BCUT2D eigenvalue weighted by Gasteiger charge is 2.28. The van der Waals surface area contributed by atoms with Crippen LogP contribution >= 0.6 is 0 Å². The topological polar surface area (TPSA) is 55.1 Å². The molecule has 1 aromatic heterocycles. The number of hydrogen-bond acceptors (Lipinski definition) is 2. The number of hydrogen-bond donors (Lipinski definition) is 1. The Morgan fingerprint density at radius 2 is 2.27 bits per heavy atom. The van der Waals surface area contributed by atoms with E-state index in [1.165, 1.54) is 10.9 Å². The summed E-state index contributed by atoms with van der Waals surface area (Å²) in [6.07, 6.45) is -1.83. The van der Waals surface area contributed by atoms with Crippen molar-refractivity contribution >= 4 is 5.97 Å². The zero-order valence-electron chi connectivity index (χ0n) is 8.44. The zero-order valence-corrected chi connectivity index (χ0v) is 8.44. The van der Waals surface area contributed by atoms with E-state index in [1.807, 2.05) is 0 Å². The SMILES string of the molecule is Cc1nn(C)cc1C(CC(=O)O)C(F)F. The Morgan fingerprint density at radius 3 is 2.60 bits per heavy atom. The van der Waals surface area contributed by atoms with E-state index < -0.39 is 24.7 Å². The number of nitrogens with zero attached hydrogens (tertiary/aromatic N) is 2. The predicted octanol–water partition coefficient (Wildman–Crippen LogP) is 1.55. The molecule has 0 amide bonds. The van der Waals surface area contributed by atoms with Crippen molar-refractivity contribution in [2.24, 2.45) is 7.05 Å². The lowest BCUT2D eigenvalue weighted by Crippen LogP contribution is -2.14. The number of carboxylic acid groups (broad SMARTS) is 1. The van der Waals surface area contributed by atoms with Crippen LogP contribution in [0.1, 0.15) is 23.6 Å². The van der Waals surface area contributed by atoms with E-state index in [0.29, 0.717) is 11.3 Å². The zero-order chi connectivity index (χ0) is 11.6. The maximum Gasteiger partial charge on any atom is 0.304 e. The van der Waals surface area contributed by atoms with Gasteiger partial charge in [0.15, 0.2) is 0 Å². The van der Waals surface area contributed by atoms with Crippen molar-refractivity contribution in [3.63, 3.8) is 0 Å². The number of rotatable bonds is 4. The molecular weight excluding hydrogens is 206 g/mol. The maximum atomic E-state index is 12.6. The van der Waals surface area contributed by atoms with Gasteiger partial charge in [-0.1, -0.05) is 0 Å². The second kappa shape index (κ2) is 4.37. The minimum Gasteiger partial charge on any atom is -0.481 e. The van der Waals surface area contributed by atoms with Gasteiger partial charge in [0.1, 0.15) is 0 Å². The summed E-state index contributed by atoms with van der Waals surface area (Å²) in [5.74, 6) is -2.51. The summed E-state index contributed by atoms with van der Waals surface area (Å²) in [6, 6.07) is 0. The summed E-state index contributed by atoms with van der Waals surface area (Å²) in [7, 11) is 1.61. The Kier molecular flexibility index (Phi) is 3.39. The highest BCUT2D eigenvalue weighted by atomic mass is 19.3. The molecule has 0 aliphatic carbocycles. The fourth-order valence-corrected chi connectivity index (χ4v) is 1.50.